The Balaban J connectivity index is 1.70. The lowest BCUT2D eigenvalue weighted by atomic mass is 10.3. The second-order valence-corrected chi connectivity index (χ2v) is 6.92. The van der Waals surface area contributed by atoms with Crippen LogP contribution in [-0.4, -0.2) is 34.1 Å². The van der Waals surface area contributed by atoms with Crippen molar-refractivity contribution in [1.82, 2.24) is 19.7 Å². The molecule has 0 spiro atoms. The minimum atomic E-state index is -3.81. The van der Waals surface area contributed by atoms with Gasteiger partial charge in [0, 0.05) is 30.8 Å². The fraction of sp³-hybridized carbons (Fsp3) is 0.125. The van der Waals surface area contributed by atoms with E-state index in [-0.39, 0.29) is 16.8 Å². The smallest absolute Gasteiger partial charge is 0.264 e. The average Bonchev–Trinajstić information content (AvgIpc) is 3.12. The number of rotatable bonds is 6. The van der Waals surface area contributed by atoms with Gasteiger partial charge in [-0.15, -0.1) is 0 Å². The zero-order valence-electron chi connectivity index (χ0n) is 13.8. The molecule has 0 bridgehead atoms. The summed E-state index contributed by atoms with van der Waals surface area (Å²) in [5, 5.41) is 6.73. The first-order chi connectivity index (χ1) is 12.5. The fourth-order valence-corrected chi connectivity index (χ4v) is 3.06. The molecule has 1 aromatic carbocycles. The van der Waals surface area contributed by atoms with Gasteiger partial charge in [0.25, 0.3) is 15.9 Å². The molecule has 0 radical (unpaired) electrons. The molecule has 0 aliphatic rings. The lowest BCUT2D eigenvalue weighted by Crippen LogP contribution is -2.15. The van der Waals surface area contributed by atoms with Gasteiger partial charge >= 0.3 is 0 Å². The van der Waals surface area contributed by atoms with Crippen LogP contribution < -0.4 is 10.0 Å². The molecule has 10 heteroatoms. The van der Waals surface area contributed by atoms with Crippen LogP contribution in [0.4, 0.5) is 11.6 Å². The van der Waals surface area contributed by atoms with Gasteiger partial charge in [-0.25, -0.2) is 23.1 Å². The van der Waals surface area contributed by atoms with Crippen LogP contribution in [0.15, 0.2) is 60.0 Å². The van der Waals surface area contributed by atoms with E-state index < -0.39 is 10.0 Å². The van der Waals surface area contributed by atoms with E-state index in [0.29, 0.717) is 17.8 Å². The SMILES string of the molecule is CCn1cc(C(=O)Nc2ccc(S(=O)(=O)Nc3ncccn3)cc2)cn1. The lowest BCUT2D eigenvalue weighted by molar-refractivity contribution is 0.102. The molecule has 0 saturated carbocycles. The maximum atomic E-state index is 12.3. The molecule has 26 heavy (non-hydrogen) atoms. The second-order valence-electron chi connectivity index (χ2n) is 5.24. The largest absolute Gasteiger partial charge is 0.322 e. The van der Waals surface area contributed by atoms with Crippen LogP contribution in [0.2, 0.25) is 0 Å². The molecule has 3 rings (SSSR count). The van der Waals surface area contributed by atoms with Crippen molar-refractivity contribution in [2.45, 2.75) is 18.4 Å². The number of anilines is 2. The van der Waals surface area contributed by atoms with Crippen LogP contribution in [-0.2, 0) is 16.6 Å². The zero-order chi connectivity index (χ0) is 18.6. The number of amides is 1. The van der Waals surface area contributed by atoms with Crippen molar-refractivity contribution in [1.29, 1.82) is 0 Å². The highest BCUT2D eigenvalue weighted by molar-refractivity contribution is 7.92. The van der Waals surface area contributed by atoms with Gasteiger partial charge in [0.05, 0.1) is 16.7 Å². The van der Waals surface area contributed by atoms with Crippen molar-refractivity contribution in [3.05, 3.63) is 60.7 Å². The maximum absolute atomic E-state index is 12.3. The highest BCUT2D eigenvalue weighted by atomic mass is 32.2. The second kappa shape index (κ2) is 7.31. The summed E-state index contributed by atoms with van der Waals surface area (Å²) < 4.78 is 28.5. The number of hydrogen-bond acceptors (Lipinski definition) is 6. The number of aromatic nitrogens is 4. The molecule has 2 N–H and O–H groups in total. The van der Waals surface area contributed by atoms with Crippen molar-refractivity contribution in [3.8, 4) is 0 Å². The summed E-state index contributed by atoms with van der Waals surface area (Å²) in [6.07, 6.45) is 5.98. The third kappa shape index (κ3) is 4.03. The molecule has 0 fully saturated rings. The van der Waals surface area contributed by atoms with Crippen LogP contribution in [0.3, 0.4) is 0 Å². The number of benzene rings is 1. The number of nitrogens with zero attached hydrogens (tertiary/aromatic N) is 4. The van der Waals surface area contributed by atoms with Gasteiger partial charge in [0.1, 0.15) is 0 Å². The van der Waals surface area contributed by atoms with Gasteiger partial charge in [-0.2, -0.15) is 5.10 Å². The number of sulfonamides is 1. The topological polar surface area (TPSA) is 119 Å². The molecule has 0 atom stereocenters. The van der Waals surface area contributed by atoms with Crippen molar-refractivity contribution in [2.24, 2.45) is 0 Å². The highest BCUT2D eigenvalue weighted by Gasteiger charge is 2.16. The summed E-state index contributed by atoms with van der Waals surface area (Å²) in [5.41, 5.74) is 0.889. The zero-order valence-corrected chi connectivity index (χ0v) is 14.6. The van der Waals surface area contributed by atoms with E-state index in [4.69, 9.17) is 0 Å². The molecule has 0 aliphatic carbocycles. The van der Waals surface area contributed by atoms with Gasteiger partial charge in [0.15, 0.2) is 0 Å². The third-order valence-corrected chi connectivity index (χ3v) is 4.78. The molecule has 0 aliphatic heterocycles. The van der Waals surface area contributed by atoms with Crippen LogP contribution in [0, 0.1) is 0 Å². The Hall–Kier alpha value is -3.27. The number of aryl methyl sites for hydroxylation is 1. The summed E-state index contributed by atoms with van der Waals surface area (Å²) >= 11 is 0. The number of carbonyl (C=O) groups is 1. The monoisotopic (exact) mass is 372 g/mol. The lowest BCUT2D eigenvalue weighted by Gasteiger charge is -2.08. The van der Waals surface area contributed by atoms with Crippen molar-refractivity contribution < 1.29 is 13.2 Å². The summed E-state index contributed by atoms with van der Waals surface area (Å²) in [6.45, 7) is 2.58. The standard InChI is InChI=1S/C16H16N6O3S/c1-2-22-11-12(10-19-22)15(23)20-13-4-6-14(7-5-13)26(24,25)21-16-17-8-3-9-18-16/h3-11H,2H2,1H3,(H,20,23)(H,17,18,21). The summed E-state index contributed by atoms with van der Waals surface area (Å²) in [7, 11) is -3.81. The first-order valence-electron chi connectivity index (χ1n) is 7.71. The fourth-order valence-electron chi connectivity index (χ4n) is 2.11. The van der Waals surface area contributed by atoms with E-state index in [1.54, 1.807) is 16.9 Å². The third-order valence-electron chi connectivity index (χ3n) is 3.43. The molecule has 0 unspecified atom stereocenters. The highest BCUT2D eigenvalue weighted by Crippen LogP contribution is 2.17. The van der Waals surface area contributed by atoms with E-state index in [2.05, 4.69) is 25.1 Å². The summed E-state index contributed by atoms with van der Waals surface area (Å²) in [6, 6.07) is 7.36. The summed E-state index contributed by atoms with van der Waals surface area (Å²) in [5.74, 6) is -0.339. The Labute approximate surface area is 150 Å². The number of carbonyl (C=O) groups excluding carboxylic acids is 1. The van der Waals surface area contributed by atoms with E-state index in [0.717, 1.165) is 0 Å². The van der Waals surface area contributed by atoms with Crippen LogP contribution >= 0.6 is 0 Å². The van der Waals surface area contributed by atoms with E-state index in [1.807, 2.05) is 6.92 Å². The van der Waals surface area contributed by atoms with Crippen molar-refractivity contribution in [3.63, 3.8) is 0 Å². The predicted octanol–water partition coefficient (Wildman–Crippen LogP) is 1.75. The van der Waals surface area contributed by atoms with Gasteiger partial charge < -0.3 is 5.32 Å². The Morgan fingerprint density at radius 1 is 1.15 bits per heavy atom. The molecular weight excluding hydrogens is 356 g/mol. The van der Waals surface area contributed by atoms with Gasteiger partial charge in [-0.1, -0.05) is 0 Å². The Morgan fingerprint density at radius 3 is 2.46 bits per heavy atom. The quantitative estimate of drug-likeness (QED) is 0.680. The van der Waals surface area contributed by atoms with Gasteiger partial charge in [0.2, 0.25) is 5.95 Å². The maximum Gasteiger partial charge on any atom is 0.264 e. The van der Waals surface area contributed by atoms with E-state index in [1.165, 1.54) is 42.9 Å². The Bertz CT molecular complexity index is 1000. The van der Waals surface area contributed by atoms with Gasteiger partial charge in [-0.3, -0.25) is 9.48 Å². The minimum Gasteiger partial charge on any atom is -0.322 e. The van der Waals surface area contributed by atoms with Crippen LogP contribution in [0.5, 0.6) is 0 Å². The van der Waals surface area contributed by atoms with Crippen LogP contribution in [0.25, 0.3) is 0 Å². The first kappa shape index (κ1) is 17.5. The average molecular weight is 372 g/mol. The van der Waals surface area contributed by atoms with Crippen molar-refractivity contribution in [2.75, 3.05) is 10.0 Å². The molecule has 2 aromatic heterocycles. The van der Waals surface area contributed by atoms with E-state index >= 15 is 0 Å². The van der Waals surface area contributed by atoms with E-state index in [9.17, 15) is 13.2 Å². The molecule has 134 valence electrons. The molecular formula is C16H16N6O3S. The molecule has 3 aromatic rings. The minimum absolute atomic E-state index is 0.0159. The van der Waals surface area contributed by atoms with Crippen LogP contribution in [0.1, 0.15) is 17.3 Å². The molecule has 2 heterocycles. The number of nitrogens with one attached hydrogen (secondary N) is 2. The van der Waals surface area contributed by atoms with Crippen molar-refractivity contribution >= 4 is 27.6 Å². The normalized spacial score (nSPS) is 11.1. The molecule has 0 saturated heterocycles. The molecule has 9 nitrogen and oxygen atoms in total. The predicted molar refractivity (Wildman–Crippen MR) is 95.1 cm³/mol. The Kier molecular flexibility index (Phi) is 4.94. The van der Waals surface area contributed by atoms with Gasteiger partial charge in [-0.05, 0) is 37.3 Å². The summed E-state index contributed by atoms with van der Waals surface area (Å²) in [4.78, 5) is 19.8. The number of hydrogen-bond donors (Lipinski definition) is 2. The molecule has 1 amide bonds. The first-order valence-corrected chi connectivity index (χ1v) is 9.20. The Morgan fingerprint density at radius 2 is 1.85 bits per heavy atom.